The Morgan fingerprint density at radius 1 is 1.20 bits per heavy atom. The van der Waals surface area contributed by atoms with E-state index in [0.29, 0.717) is 12.6 Å². The molecule has 3 nitrogen and oxygen atoms in total. The van der Waals surface area contributed by atoms with E-state index < -0.39 is 0 Å². The number of hydrogen-bond donors (Lipinski definition) is 1. The summed E-state index contributed by atoms with van der Waals surface area (Å²) in [5.41, 5.74) is 1.20. The molecule has 0 bridgehead atoms. The Labute approximate surface area is 130 Å². The quantitative estimate of drug-likeness (QED) is 0.784. The van der Waals surface area contributed by atoms with Crippen LogP contribution in [-0.4, -0.2) is 31.4 Å². The Bertz CT molecular complexity index is 396. The zero-order valence-electron chi connectivity index (χ0n) is 12.3. The highest BCUT2D eigenvalue weighted by Gasteiger charge is 2.42. The van der Waals surface area contributed by atoms with Crippen molar-refractivity contribution in [1.82, 2.24) is 5.32 Å². The third-order valence-electron chi connectivity index (χ3n) is 3.61. The van der Waals surface area contributed by atoms with Crippen molar-refractivity contribution in [3.8, 4) is 0 Å². The molecule has 2 rings (SSSR count). The van der Waals surface area contributed by atoms with Gasteiger partial charge < -0.3 is 14.8 Å². The van der Waals surface area contributed by atoms with E-state index in [1.807, 2.05) is 12.1 Å². The van der Waals surface area contributed by atoms with Crippen molar-refractivity contribution in [2.45, 2.75) is 51.5 Å². The van der Waals surface area contributed by atoms with Crippen molar-refractivity contribution >= 4 is 15.9 Å². The van der Waals surface area contributed by atoms with E-state index in [-0.39, 0.29) is 12.2 Å². The van der Waals surface area contributed by atoms with E-state index in [1.54, 1.807) is 0 Å². The molecule has 0 amide bonds. The Hall–Kier alpha value is -0.420. The molecule has 1 saturated carbocycles. The molecule has 0 radical (unpaired) electrons. The molecule has 1 fully saturated rings. The van der Waals surface area contributed by atoms with Crippen molar-refractivity contribution < 1.29 is 9.47 Å². The first-order chi connectivity index (χ1) is 9.74. The van der Waals surface area contributed by atoms with Crippen LogP contribution in [0.2, 0.25) is 0 Å². The molecular weight excluding hydrogens is 318 g/mol. The topological polar surface area (TPSA) is 30.5 Å². The highest BCUT2D eigenvalue weighted by atomic mass is 79.9. The molecule has 0 heterocycles. The summed E-state index contributed by atoms with van der Waals surface area (Å²) in [5, 5.41) is 3.47. The molecule has 1 aliphatic rings. The smallest absolute Gasteiger partial charge is 0.0990 e. The van der Waals surface area contributed by atoms with Gasteiger partial charge in [0.25, 0.3) is 0 Å². The Balaban J connectivity index is 1.80. The number of ether oxygens (including phenoxy) is 2. The molecule has 112 valence electrons. The van der Waals surface area contributed by atoms with Crippen molar-refractivity contribution in [1.29, 1.82) is 0 Å². The predicted octanol–water partition coefficient (Wildman–Crippen LogP) is 3.51. The molecular formula is C16H24BrNO2. The van der Waals surface area contributed by atoms with Crippen LogP contribution in [0.4, 0.5) is 0 Å². The van der Waals surface area contributed by atoms with Crippen molar-refractivity contribution in [2.75, 3.05) is 13.2 Å². The van der Waals surface area contributed by atoms with E-state index in [9.17, 15) is 0 Å². The molecule has 0 aliphatic heterocycles. The van der Waals surface area contributed by atoms with Gasteiger partial charge in [-0.1, -0.05) is 41.9 Å². The van der Waals surface area contributed by atoms with Gasteiger partial charge in [-0.25, -0.2) is 0 Å². The molecule has 3 atom stereocenters. The standard InChI is InChI=1S/C16H24BrNO2/c1-3-9-19-16-14(18-4-2)10-15(16)20-11-12-5-7-13(17)8-6-12/h5-8,14-16,18H,3-4,9-11H2,1-2H3. The Morgan fingerprint density at radius 3 is 2.60 bits per heavy atom. The number of hydrogen-bond acceptors (Lipinski definition) is 3. The summed E-state index contributed by atoms with van der Waals surface area (Å²) in [5.74, 6) is 0. The first-order valence-corrected chi connectivity index (χ1v) is 8.25. The largest absolute Gasteiger partial charge is 0.374 e. The van der Waals surface area contributed by atoms with E-state index in [4.69, 9.17) is 9.47 Å². The lowest BCUT2D eigenvalue weighted by Gasteiger charge is -2.44. The molecule has 20 heavy (non-hydrogen) atoms. The second kappa shape index (κ2) is 8.13. The fourth-order valence-electron chi connectivity index (χ4n) is 2.47. The van der Waals surface area contributed by atoms with Crippen LogP contribution in [0.3, 0.4) is 0 Å². The molecule has 3 unspecified atom stereocenters. The van der Waals surface area contributed by atoms with E-state index in [1.165, 1.54) is 5.56 Å². The summed E-state index contributed by atoms with van der Waals surface area (Å²) in [6.07, 6.45) is 2.51. The molecule has 1 aromatic rings. The zero-order valence-corrected chi connectivity index (χ0v) is 13.9. The van der Waals surface area contributed by atoms with Crippen molar-refractivity contribution in [3.05, 3.63) is 34.3 Å². The van der Waals surface area contributed by atoms with Crippen LogP contribution >= 0.6 is 15.9 Å². The molecule has 0 saturated heterocycles. The summed E-state index contributed by atoms with van der Waals surface area (Å²) in [4.78, 5) is 0. The summed E-state index contributed by atoms with van der Waals surface area (Å²) in [6.45, 7) is 6.72. The van der Waals surface area contributed by atoms with Gasteiger partial charge in [-0.05, 0) is 37.1 Å². The zero-order chi connectivity index (χ0) is 14.4. The maximum absolute atomic E-state index is 6.01. The third-order valence-corrected chi connectivity index (χ3v) is 4.14. The van der Waals surface area contributed by atoms with E-state index >= 15 is 0 Å². The SMILES string of the molecule is CCCOC1C(NCC)CC1OCc1ccc(Br)cc1. The summed E-state index contributed by atoms with van der Waals surface area (Å²) < 4.78 is 13.0. The molecule has 4 heteroatoms. The lowest BCUT2D eigenvalue weighted by Crippen LogP contribution is -2.60. The van der Waals surface area contributed by atoms with Gasteiger partial charge in [-0.2, -0.15) is 0 Å². The number of rotatable bonds is 8. The summed E-state index contributed by atoms with van der Waals surface area (Å²) in [6, 6.07) is 8.72. The molecule has 1 N–H and O–H groups in total. The monoisotopic (exact) mass is 341 g/mol. The Kier molecular flexibility index (Phi) is 6.49. The van der Waals surface area contributed by atoms with Gasteiger partial charge in [0.2, 0.25) is 0 Å². The minimum atomic E-state index is 0.199. The maximum atomic E-state index is 6.01. The lowest BCUT2D eigenvalue weighted by atomic mass is 9.85. The van der Waals surface area contributed by atoms with Crippen LogP contribution in [0, 0.1) is 0 Å². The van der Waals surface area contributed by atoms with Crippen LogP contribution in [-0.2, 0) is 16.1 Å². The van der Waals surface area contributed by atoms with Crippen molar-refractivity contribution in [2.24, 2.45) is 0 Å². The molecule has 0 aromatic heterocycles. The van der Waals surface area contributed by atoms with Gasteiger partial charge in [-0.15, -0.1) is 0 Å². The van der Waals surface area contributed by atoms with Gasteiger partial charge in [0.15, 0.2) is 0 Å². The van der Waals surface area contributed by atoms with Gasteiger partial charge in [0.1, 0.15) is 0 Å². The number of likely N-dealkylation sites (N-methyl/N-ethyl adjacent to an activating group) is 1. The van der Waals surface area contributed by atoms with Crippen LogP contribution in [0.25, 0.3) is 0 Å². The number of benzene rings is 1. The first-order valence-electron chi connectivity index (χ1n) is 7.45. The fourth-order valence-corrected chi connectivity index (χ4v) is 2.73. The first kappa shape index (κ1) is 16.0. The number of nitrogens with one attached hydrogen (secondary N) is 1. The third kappa shape index (κ3) is 4.29. The summed E-state index contributed by atoms with van der Waals surface area (Å²) in [7, 11) is 0. The van der Waals surface area contributed by atoms with E-state index in [0.717, 1.165) is 30.5 Å². The normalized spacial score (nSPS) is 25.4. The number of halogens is 1. The second-order valence-corrected chi connectivity index (χ2v) is 6.13. The van der Waals surface area contributed by atoms with Gasteiger partial charge in [-0.3, -0.25) is 0 Å². The van der Waals surface area contributed by atoms with Crippen molar-refractivity contribution in [3.63, 3.8) is 0 Å². The second-order valence-electron chi connectivity index (χ2n) is 5.21. The predicted molar refractivity (Wildman–Crippen MR) is 84.8 cm³/mol. The fraction of sp³-hybridized carbons (Fsp3) is 0.625. The lowest BCUT2D eigenvalue weighted by molar-refractivity contribution is -0.151. The van der Waals surface area contributed by atoms with Crippen LogP contribution in [0.5, 0.6) is 0 Å². The highest BCUT2D eigenvalue weighted by molar-refractivity contribution is 9.10. The Morgan fingerprint density at radius 2 is 1.95 bits per heavy atom. The maximum Gasteiger partial charge on any atom is 0.0990 e. The van der Waals surface area contributed by atoms with E-state index in [2.05, 4.69) is 47.2 Å². The van der Waals surface area contributed by atoms with Crippen LogP contribution in [0.15, 0.2) is 28.7 Å². The summed E-state index contributed by atoms with van der Waals surface area (Å²) >= 11 is 3.44. The van der Waals surface area contributed by atoms with Crippen LogP contribution < -0.4 is 5.32 Å². The molecule has 0 spiro atoms. The van der Waals surface area contributed by atoms with Gasteiger partial charge in [0.05, 0.1) is 18.8 Å². The minimum absolute atomic E-state index is 0.199. The minimum Gasteiger partial charge on any atom is -0.374 e. The highest BCUT2D eigenvalue weighted by Crippen LogP contribution is 2.28. The molecule has 1 aromatic carbocycles. The molecule has 1 aliphatic carbocycles. The van der Waals surface area contributed by atoms with Gasteiger partial charge >= 0.3 is 0 Å². The average Bonchev–Trinajstić information content (AvgIpc) is 2.44. The van der Waals surface area contributed by atoms with Crippen LogP contribution in [0.1, 0.15) is 32.3 Å². The average molecular weight is 342 g/mol. The van der Waals surface area contributed by atoms with Gasteiger partial charge in [0, 0.05) is 17.1 Å².